The lowest BCUT2D eigenvalue weighted by atomic mass is 10.0. The number of carbonyl (C=O) groups is 3. The summed E-state index contributed by atoms with van der Waals surface area (Å²) in [6.07, 6.45) is 1.29. The van der Waals surface area contributed by atoms with Crippen LogP contribution in [0.15, 0.2) is 24.3 Å². The fourth-order valence-electron chi connectivity index (χ4n) is 2.31. The second kappa shape index (κ2) is 5.86. The molecular weight excluding hydrogens is 258 g/mol. The van der Waals surface area contributed by atoms with E-state index in [2.05, 4.69) is 0 Å². The quantitative estimate of drug-likeness (QED) is 0.807. The minimum atomic E-state index is -0.822. The largest absolute Gasteiger partial charge is 0.481 e. The third-order valence-corrected chi connectivity index (χ3v) is 3.57. The SMILES string of the molecule is CC(CCC(=O)O)CCN1C(=O)c2ccccc2C1=O. The Bertz CT molecular complexity index is 518. The normalized spacial score (nSPS) is 15.3. The number of benzene rings is 1. The Labute approximate surface area is 117 Å². The number of aliphatic carboxylic acids is 1. The van der Waals surface area contributed by atoms with Gasteiger partial charge >= 0.3 is 5.97 Å². The molecule has 1 heterocycles. The fraction of sp³-hybridized carbons (Fsp3) is 0.400. The van der Waals surface area contributed by atoms with Crippen molar-refractivity contribution in [3.8, 4) is 0 Å². The van der Waals surface area contributed by atoms with Gasteiger partial charge in [-0.2, -0.15) is 0 Å². The Morgan fingerprint density at radius 2 is 1.70 bits per heavy atom. The molecule has 1 N–H and O–H groups in total. The van der Waals surface area contributed by atoms with Crippen molar-refractivity contribution in [2.45, 2.75) is 26.2 Å². The number of hydrogen-bond acceptors (Lipinski definition) is 3. The Kier molecular flexibility index (Phi) is 4.17. The Morgan fingerprint density at radius 3 is 2.20 bits per heavy atom. The van der Waals surface area contributed by atoms with Gasteiger partial charge in [-0.05, 0) is 30.9 Å². The molecule has 5 heteroatoms. The minimum absolute atomic E-state index is 0.114. The molecule has 0 saturated heterocycles. The van der Waals surface area contributed by atoms with Crippen molar-refractivity contribution in [2.75, 3.05) is 6.54 Å². The number of fused-ring (bicyclic) bond motifs is 1. The van der Waals surface area contributed by atoms with Gasteiger partial charge in [-0.25, -0.2) is 0 Å². The summed E-state index contributed by atoms with van der Waals surface area (Å²) in [5.74, 6) is -1.17. The molecule has 1 aliphatic heterocycles. The van der Waals surface area contributed by atoms with Crippen molar-refractivity contribution < 1.29 is 19.5 Å². The molecular formula is C15H17NO4. The van der Waals surface area contributed by atoms with E-state index in [1.54, 1.807) is 24.3 Å². The average molecular weight is 275 g/mol. The first-order chi connectivity index (χ1) is 9.50. The zero-order chi connectivity index (χ0) is 14.7. The van der Waals surface area contributed by atoms with Gasteiger partial charge in [-0.1, -0.05) is 19.1 Å². The summed E-state index contributed by atoms with van der Waals surface area (Å²) in [7, 11) is 0. The van der Waals surface area contributed by atoms with Crippen LogP contribution < -0.4 is 0 Å². The highest BCUT2D eigenvalue weighted by Crippen LogP contribution is 2.23. The highest BCUT2D eigenvalue weighted by molar-refractivity contribution is 6.21. The molecule has 5 nitrogen and oxygen atoms in total. The molecule has 0 fully saturated rings. The summed E-state index contributed by atoms with van der Waals surface area (Å²) in [6, 6.07) is 6.79. The number of hydrogen-bond donors (Lipinski definition) is 1. The van der Waals surface area contributed by atoms with Crippen LogP contribution in [-0.2, 0) is 4.79 Å². The van der Waals surface area contributed by atoms with Gasteiger partial charge in [0.2, 0.25) is 0 Å². The third-order valence-electron chi connectivity index (χ3n) is 3.57. The summed E-state index contributed by atoms with van der Waals surface area (Å²) < 4.78 is 0. The van der Waals surface area contributed by atoms with Gasteiger partial charge in [-0.3, -0.25) is 19.3 Å². The Balaban J connectivity index is 1.94. The topological polar surface area (TPSA) is 74.7 Å². The van der Waals surface area contributed by atoms with Gasteiger partial charge in [-0.15, -0.1) is 0 Å². The monoisotopic (exact) mass is 275 g/mol. The molecule has 0 bridgehead atoms. The lowest BCUT2D eigenvalue weighted by molar-refractivity contribution is -0.137. The molecule has 1 aromatic carbocycles. The smallest absolute Gasteiger partial charge is 0.303 e. The number of carbonyl (C=O) groups excluding carboxylic acids is 2. The Morgan fingerprint density at radius 1 is 1.15 bits per heavy atom. The molecule has 1 aromatic rings. The fourth-order valence-corrected chi connectivity index (χ4v) is 2.31. The standard InChI is InChI=1S/C15H17NO4/c1-10(6-7-13(17)18)8-9-16-14(19)11-4-2-3-5-12(11)15(16)20/h2-5,10H,6-9H2,1H3,(H,17,18). The van der Waals surface area contributed by atoms with E-state index >= 15 is 0 Å². The van der Waals surface area contributed by atoms with Crippen LogP contribution >= 0.6 is 0 Å². The molecule has 106 valence electrons. The summed E-state index contributed by atoms with van der Waals surface area (Å²) in [5.41, 5.74) is 0.909. The second-order valence-electron chi connectivity index (χ2n) is 5.13. The van der Waals surface area contributed by atoms with Crippen LogP contribution in [0.1, 0.15) is 46.9 Å². The number of nitrogens with zero attached hydrogens (tertiary/aromatic N) is 1. The van der Waals surface area contributed by atoms with Crippen LogP contribution in [0.3, 0.4) is 0 Å². The van der Waals surface area contributed by atoms with Gasteiger partial charge in [0, 0.05) is 13.0 Å². The first kappa shape index (κ1) is 14.2. The van der Waals surface area contributed by atoms with Crippen molar-refractivity contribution in [3.63, 3.8) is 0 Å². The molecule has 0 aliphatic carbocycles. The van der Waals surface area contributed by atoms with E-state index in [4.69, 9.17) is 5.11 Å². The lowest BCUT2D eigenvalue weighted by Crippen LogP contribution is -2.31. The van der Waals surface area contributed by atoms with E-state index in [0.717, 1.165) is 0 Å². The zero-order valence-corrected chi connectivity index (χ0v) is 11.3. The molecule has 1 unspecified atom stereocenters. The van der Waals surface area contributed by atoms with Gasteiger partial charge in [0.25, 0.3) is 11.8 Å². The van der Waals surface area contributed by atoms with E-state index in [9.17, 15) is 14.4 Å². The van der Waals surface area contributed by atoms with Gasteiger partial charge in [0.05, 0.1) is 11.1 Å². The molecule has 0 radical (unpaired) electrons. The van der Waals surface area contributed by atoms with Gasteiger partial charge in [0.15, 0.2) is 0 Å². The van der Waals surface area contributed by atoms with E-state index in [-0.39, 0.29) is 24.2 Å². The molecule has 20 heavy (non-hydrogen) atoms. The summed E-state index contributed by atoms with van der Waals surface area (Å²) in [4.78, 5) is 35.9. The van der Waals surface area contributed by atoms with Crippen LogP contribution in [0.5, 0.6) is 0 Å². The van der Waals surface area contributed by atoms with Crippen LogP contribution in [0.2, 0.25) is 0 Å². The highest BCUT2D eigenvalue weighted by Gasteiger charge is 2.34. The highest BCUT2D eigenvalue weighted by atomic mass is 16.4. The van der Waals surface area contributed by atoms with Crippen LogP contribution in [-0.4, -0.2) is 34.3 Å². The molecule has 1 aliphatic rings. The van der Waals surface area contributed by atoms with E-state index in [0.29, 0.717) is 30.5 Å². The summed E-state index contributed by atoms with van der Waals surface area (Å²) in [5, 5.41) is 8.63. The van der Waals surface area contributed by atoms with Gasteiger partial charge in [0.1, 0.15) is 0 Å². The number of imide groups is 1. The zero-order valence-electron chi connectivity index (χ0n) is 11.3. The minimum Gasteiger partial charge on any atom is -0.481 e. The van der Waals surface area contributed by atoms with E-state index < -0.39 is 5.97 Å². The average Bonchev–Trinajstić information content (AvgIpc) is 2.67. The van der Waals surface area contributed by atoms with Crippen molar-refractivity contribution in [1.82, 2.24) is 4.90 Å². The predicted molar refractivity (Wildman–Crippen MR) is 72.5 cm³/mol. The first-order valence-corrected chi connectivity index (χ1v) is 6.67. The van der Waals surface area contributed by atoms with Crippen LogP contribution in [0.25, 0.3) is 0 Å². The number of carboxylic acid groups (broad SMARTS) is 1. The third kappa shape index (κ3) is 2.87. The van der Waals surface area contributed by atoms with E-state index in [1.807, 2.05) is 6.92 Å². The van der Waals surface area contributed by atoms with Crippen molar-refractivity contribution in [1.29, 1.82) is 0 Å². The maximum absolute atomic E-state index is 12.1. The van der Waals surface area contributed by atoms with Gasteiger partial charge < -0.3 is 5.11 Å². The molecule has 1 atom stereocenters. The number of amides is 2. The predicted octanol–water partition coefficient (Wildman–Crippen LogP) is 2.17. The van der Waals surface area contributed by atoms with E-state index in [1.165, 1.54) is 4.90 Å². The maximum Gasteiger partial charge on any atom is 0.303 e. The first-order valence-electron chi connectivity index (χ1n) is 6.67. The second-order valence-corrected chi connectivity index (χ2v) is 5.13. The van der Waals surface area contributed by atoms with Crippen LogP contribution in [0.4, 0.5) is 0 Å². The van der Waals surface area contributed by atoms with Crippen molar-refractivity contribution in [2.24, 2.45) is 5.92 Å². The lowest BCUT2D eigenvalue weighted by Gasteiger charge is -2.16. The molecule has 2 amide bonds. The molecule has 2 rings (SSSR count). The Hall–Kier alpha value is -2.17. The molecule has 0 aromatic heterocycles. The van der Waals surface area contributed by atoms with Crippen molar-refractivity contribution in [3.05, 3.63) is 35.4 Å². The maximum atomic E-state index is 12.1. The summed E-state index contributed by atoms with van der Waals surface area (Å²) in [6.45, 7) is 2.27. The van der Waals surface area contributed by atoms with Crippen LogP contribution in [0, 0.1) is 5.92 Å². The molecule has 0 spiro atoms. The number of carboxylic acids is 1. The number of rotatable bonds is 6. The van der Waals surface area contributed by atoms with Crippen molar-refractivity contribution >= 4 is 17.8 Å². The summed E-state index contributed by atoms with van der Waals surface area (Å²) >= 11 is 0. The molecule has 0 saturated carbocycles.